The molecule has 28 heavy (non-hydrogen) atoms. The van der Waals surface area contributed by atoms with Gasteiger partial charge in [-0.25, -0.2) is 13.2 Å². The first-order valence-electron chi connectivity index (χ1n) is 8.98. The van der Waals surface area contributed by atoms with Gasteiger partial charge in [0.15, 0.2) is 5.54 Å². The Hall–Kier alpha value is -1.45. The first-order valence-corrected chi connectivity index (χ1v) is 11.7. The zero-order chi connectivity index (χ0) is 20.7. The number of carbonyl (C=O) groups is 1. The van der Waals surface area contributed by atoms with Crippen LogP contribution >= 0.6 is 22.6 Å². The highest BCUT2D eigenvalue weighted by atomic mass is 127. The quantitative estimate of drug-likeness (QED) is 0.352. The number of methoxy groups -OCH3 is 1. The third kappa shape index (κ3) is 3.17. The Morgan fingerprint density at radius 1 is 1.11 bits per heavy atom. The number of ether oxygens (including phenoxy) is 1. The van der Waals surface area contributed by atoms with Crippen LogP contribution in [0.3, 0.4) is 0 Å². The molecule has 1 fully saturated rings. The van der Waals surface area contributed by atoms with Crippen molar-refractivity contribution >= 4 is 38.6 Å². The predicted molar refractivity (Wildman–Crippen MR) is 117 cm³/mol. The van der Waals surface area contributed by atoms with E-state index >= 15 is 0 Å². The summed E-state index contributed by atoms with van der Waals surface area (Å²) in [5, 5.41) is 0. The summed E-state index contributed by atoms with van der Waals surface area (Å²) in [4.78, 5) is 13.3. The standard InChI is InChI=1S/C21H24INO4S/c1-15-10-12-17(13-11-15)28(25,26)23-20(2,3)18(22)14-21(23,19(24)27-4)16-8-6-5-7-9-16/h5-13,18H,14H2,1-4H3/t18-,21+/m1/s1. The minimum atomic E-state index is -3.98. The molecule has 150 valence electrons. The molecule has 0 unspecified atom stereocenters. The Morgan fingerprint density at radius 3 is 2.21 bits per heavy atom. The van der Waals surface area contributed by atoms with E-state index in [4.69, 9.17) is 4.74 Å². The van der Waals surface area contributed by atoms with Crippen molar-refractivity contribution in [2.75, 3.05) is 7.11 Å². The molecule has 2 aromatic carbocycles. The number of halogens is 1. The van der Waals surface area contributed by atoms with Crippen molar-refractivity contribution in [1.82, 2.24) is 4.31 Å². The Labute approximate surface area is 180 Å². The zero-order valence-corrected chi connectivity index (χ0v) is 19.3. The van der Waals surface area contributed by atoms with E-state index < -0.39 is 27.1 Å². The molecule has 2 aromatic rings. The van der Waals surface area contributed by atoms with Crippen LogP contribution in [-0.4, -0.2) is 35.3 Å². The SMILES string of the molecule is COC(=O)[C@@]1(c2ccccc2)C[C@@H](I)C(C)(C)N1S(=O)(=O)c1ccc(C)cc1. The lowest BCUT2D eigenvalue weighted by atomic mass is 9.88. The molecule has 0 saturated carbocycles. The molecule has 1 aliphatic rings. The Kier molecular flexibility index (Phi) is 5.64. The van der Waals surface area contributed by atoms with Gasteiger partial charge in [0.1, 0.15) is 0 Å². The number of hydrogen-bond donors (Lipinski definition) is 0. The van der Waals surface area contributed by atoms with Gasteiger partial charge >= 0.3 is 5.97 Å². The smallest absolute Gasteiger partial charge is 0.332 e. The molecule has 7 heteroatoms. The molecule has 0 spiro atoms. The van der Waals surface area contributed by atoms with Crippen LogP contribution in [0.4, 0.5) is 0 Å². The van der Waals surface area contributed by atoms with Crippen molar-refractivity contribution in [1.29, 1.82) is 0 Å². The molecule has 5 nitrogen and oxygen atoms in total. The van der Waals surface area contributed by atoms with Crippen LogP contribution in [-0.2, 0) is 25.1 Å². The first-order chi connectivity index (χ1) is 13.1. The predicted octanol–water partition coefficient (Wildman–Crippen LogP) is 4.04. The van der Waals surface area contributed by atoms with Gasteiger partial charge < -0.3 is 4.74 Å². The van der Waals surface area contributed by atoms with E-state index in [1.165, 1.54) is 11.4 Å². The van der Waals surface area contributed by atoms with Gasteiger partial charge in [0.2, 0.25) is 10.0 Å². The van der Waals surface area contributed by atoms with E-state index in [9.17, 15) is 13.2 Å². The second kappa shape index (κ2) is 7.42. The number of rotatable bonds is 4. The molecule has 0 bridgehead atoms. The highest BCUT2D eigenvalue weighted by Crippen LogP contribution is 2.53. The zero-order valence-electron chi connectivity index (χ0n) is 16.3. The van der Waals surface area contributed by atoms with Gasteiger partial charge in [0.05, 0.1) is 12.0 Å². The molecule has 0 aromatic heterocycles. The maximum Gasteiger partial charge on any atom is 0.332 e. The Morgan fingerprint density at radius 2 is 1.68 bits per heavy atom. The van der Waals surface area contributed by atoms with Crippen molar-refractivity contribution in [3.05, 3.63) is 65.7 Å². The largest absolute Gasteiger partial charge is 0.467 e. The normalized spacial score (nSPS) is 24.8. The van der Waals surface area contributed by atoms with Crippen LogP contribution in [0.5, 0.6) is 0 Å². The van der Waals surface area contributed by atoms with E-state index in [1.54, 1.807) is 36.4 Å². The number of hydrogen-bond acceptors (Lipinski definition) is 4. The third-order valence-electron chi connectivity index (χ3n) is 5.44. The molecule has 1 saturated heterocycles. The fourth-order valence-corrected chi connectivity index (χ4v) is 7.15. The van der Waals surface area contributed by atoms with E-state index in [0.717, 1.165) is 5.56 Å². The fraction of sp³-hybridized carbons (Fsp3) is 0.381. The lowest BCUT2D eigenvalue weighted by molar-refractivity contribution is -0.152. The van der Waals surface area contributed by atoms with Crippen LogP contribution in [0.25, 0.3) is 0 Å². The lowest BCUT2D eigenvalue weighted by Crippen LogP contribution is -2.57. The molecule has 0 radical (unpaired) electrons. The summed E-state index contributed by atoms with van der Waals surface area (Å²) < 4.78 is 34.1. The number of aryl methyl sites for hydroxylation is 1. The summed E-state index contributed by atoms with van der Waals surface area (Å²) in [6, 6.07) is 15.8. The highest BCUT2D eigenvalue weighted by molar-refractivity contribution is 14.1. The van der Waals surface area contributed by atoms with Gasteiger partial charge in [0.25, 0.3) is 0 Å². The second-order valence-electron chi connectivity index (χ2n) is 7.63. The summed E-state index contributed by atoms with van der Waals surface area (Å²) in [5.74, 6) is -0.568. The van der Waals surface area contributed by atoms with E-state index in [0.29, 0.717) is 12.0 Å². The van der Waals surface area contributed by atoms with E-state index in [2.05, 4.69) is 22.6 Å². The van der Waals surface area contributed by atoms with E-state index in [-0.39, 0.29) is 8.82 Å². The molecule has 0 amide bonds. The minimum Gasteiger partial charge on any atom is -0.467 e. The van der Waals surface area contributed by atoms with Crippen molar-refractivity contribution in [2.24, 2.45) is 0 Å². The summed E-state index contributed by atoms with van der Waals surface area (Å²) in [7, 11) is -2.68. The molecule has 2 atom stereocenters. The molecule has 1 heterocycles. The topological polar surface area (TPSA) is 63.7 Å². The summed E-state index contributed by atoms with van der Waals surface area (Å²) >= 11 is 2.24. The molecule has 1 aliphatic heterocycles. The van der Waals surface area contributed by atoms with Gasteiger partial charge in [0, 0.05) is 9.46 Å². The van der Waals surface area contributed by atoms with Crippen LogP contribution in [0, 0.1) is 6.92 Å². The second-order valence-corrected chi connectivity index (χ2v) is 10.9. The average molecular weight is 513 g/mol. The van der Waals surface area contributed by atoms with Crippen LogP contribution in [0.15, 0.2) is 59.5 Å². The first kappa shape index (κ1) is 21.3. The fourth-order valence-electron chi connectivity index (χ4n) is 3.94. The van der Waals surface area contributed by atoms with Crippen LogP contribution < -0.4 is 0 Å². The maximum absolute atomic E-state index is 13.8. The Bertz CT molecular complexity index is 973. The molecule has 3 rings (SSSR count). The minimum absolute atomic E-state index is 0.0929. The van der Waals surface area contributed by atoms with Gasteiger partial charge in [-0.05, 0) is 44.9 Å². The molecule has 0 N–H and O–H groups in total. The van der Waals surface area contributed by atoms with Crippen molar-refractivity contribution in [3.8, 4) is 0 Å². The third-order valence-corrected chi connectivity index (χ3v) is 9.54. The molecular formula is C21H24INO4S. The number of sulfonamides is 1. The molecule has 0 aliphatic carbocycles. The van der Waals surface area contributed by atoms with Gasteiger partial charge in [-0.2, -0.15) is 4.31 Å². The summed E-state index contributed by atoms with van der Waals surface area (Å²) in [5.41, 5.74) is -0.637. The number of carbonyl (C=O) groups excluding carboxylic acids is 1. The number of alkyl halides is 1. The highest BCUT2D eigenvalue weighted by Gasteiger charge is 2.65. The van der Waals surface area contributed by atoms with Gasteiger partial charge in [-0.3, -0.25) is 0 Å². The maximum atomic E-state index is 13.8. The van der Waals surface area contributed by atoms with Gasteiger partial charge in [-0.1, -0.05) is 70.6 Å². The lowest BCUT2D eigenvalue weighted by Gasteiger charge is -2.41. The van der Waals surface area contributed by atoms with E-state index in [1.807, 2.05) is 39.0 Å². The number of esters is 1. The average Bonchev–Trinajstić information content (AvgIpc) is 2.89. The number of nitrogens with zero attached hydrogens (tertiary/aromatic N) is 1. The van der Waals surface area contributed by atoms with Gasteiger partial charge in [-0.15, -0.1) is 0 Å². The molecular weight excluding hydrogens is 489 g/mol. The van der Waals surface area contributed by atoms with Crippen LogP contribution in [0.2, 0.25) is 0 Å². The summed E-state index contributed by atoms with van der Waals surface area (Å²) in [6.07, 6.45) is 0.336. The summed E-state index contributed by atoms with van der Waals surface area (Å²) in [6.45, 7) is 5.63. The van der Waals surface area contributed by atoms with Crippen LogP contribution in [0.1, 0.15) is 31.4 Å². The van der Waals surface area contributed by atoms with Crippen molar-refractivity contribution < 1.29 is 17.9 Å². The van der Waals surface area contributed by atoms with Crippen molar-refractivity contribution in [3.63, 3.8) is 0 Å². The van der Waals surface area contributed by atoms with Crippen molar-refractivity contribution in [2.45, 2.75) is 47.1 Å². The monoisotopic (exact) mass is 513 g/mol. The number of benzene rings is 2. The Balaban J connectivity index is 2.32.